The van der Waals surface area contributed by atoms with Crippen molar-refractivity contribution in [2.75, 3.05) is 6.61 Å². The molecule has 0 heterocycles. The number of unbranched alkanes of at least 4 members (excludes halogenated alkanes) is 39. The van der Waals surface area contributed by atoms with Gasteiger partial charge < -0.3 is 20.6 Å². The Balaban J connectivity index is 3.41. The highest BCUT2D eigenvalue weighted by molar-refractivity contribution is 5.76. The molecule has 0 fully saturated rings. The van der Waals surface area contributed by atoms with E-state index < -0.39 is 18.2 Å². The lowest BCUT2D eigenvalue weighted by Gasteiger charge is -2.23. The molecule has 0 bridgehead atoms. The molecule has 0 radical (unpaired) electrons. The summed E-state index contributed by atoms with van der Waals surface area (Å²) in [6.07, 6.45) is 55.5. The average molecular weight is 794 g/mol. The maximum absolute atomic E-state index is 12.4. The number of hydrogen-bond acceptors (Lipinski definition) is 4. The summed E-state index contributed by atoms with van der Waals surface area (Å²) in [7, 11) is 0. The Kier molecular flexibility index (Phi) is 46.5. The van der Waals surface area contributed by atoms with Crippen LogP contribution in [0.15, 0.2) is 0 Å². The first-order valence-corrected chi connectivity index (χ1v) is 25.8. The second-order valence-corrected chi connectivity index (χ2v) is 18.1. The highest BCUT2D eigenvalue weighted by Crippen LogP contribution is 2.18. The Morgan fingerprint density at radius 2 is 0.607 bits per heavy atom. The highest BCUT2D eigenvalue weighted by atomic mass is 16.3. The molecule has 0 aliphatic heterocycles. The zero-order chi connectivity index (χ0) is 40.8. The van der Waals surface area contributed by atoms with E-state index in [1.165, 1.54) is 238 Å². The second-order valence-electron chi connectivity index (χ2n) is 18.1. The van der Waals surface area contributed by atoms with Crippen molar-refractivity contribution >= 4 is 5.91 Å². The second kappa shape index (κ2) is 47.0. The van der Waals surface area contributed by atoms with Crippen molar-refractivity contribution in [3.05, 3.63) is 0 Å². The van der Waals surface area contributed by atoms with E-state index in [1.54, 1.807) is 0 Å². The summed E-state index contributed by atoms with van der Waals surface area (Å²) in [5.74, 6) is -0.278. The third kappa shape index (κ3) is 42.9. The summed E-state index contributed by atoms with van der Waals surface area (Å²) in [4.78, 5) is 12.4. The third-order valence-corrected chi connectivity index (χ3v) is 12.4. The minimum absolute atomic E-state index is 0.0427. The predicted molar refractivity (Wildman–Crippen MR) is 246 cm³/mol. The fourth-order valence-electron chi connectivity index (χ4n) is 8.47. The summed E-state index contributed by atoms with van der Waals surface area (Å²) in [5.41, 5.74) is 0. The molecule has 56 heavy (non-hydrogen) atoms. The summed E-state index contributed by atoms with van der Waals surface area (Å²) in [6, 6.07) is -0.651. The molecule has 0 saturated carbocycles. The fraction of sp³-hybridized carbons (Fsp3) is 0.980. The zero-order valence-electron chi connectivity index (χ0n) is 38.3. The molecule has 3 atom stereocenters. The van der Waals surface area contributed by atoms with Crippen molar-refractivity contribution in [3.8, 4) is 0 Å². The van der Waals surface area contributed by atoms with Crippen LogP contribution in [0.4, 0.5) is 0 Å². The summed E-state index contributed by atoms with van der Waals surface area (Å²) in [5, 5.41) is 33.4. The van der Waals surface area contributed by atoms with E-state index in [2.05, 4.69) is 19.2 Å². The lowest BCUT2D eigenvalue weighted by atomic mass is 10.0. The molecule has 5 heteroatoms. The zero-order valence-corrected chi connectivity index (χ0v) is 38.3. The SMILES string of the molecule is CCCCCCCCCCCCCCCCCCCCCCCCCCCCCCCCCC(O)CC(=O)NC(CO)C(O)CCCCCCCCCCCC. The molecule has 0 rings (SSSR count). The summed E-state index contributed by atoms with van der Waals surface area (Å²) in [6.45, 7) is 4.27. The Hall–Kier alpha value is -0.650. The van der Waals surface area contributed by atoms with Crippen LogP contribution in [0.3, 0.4) is 0 Å². The third-order valence-electron chi connectivity index (χ3n) is 12.4. The van der Waals surface area contributed by atoms with Gasteiger partial charge in [0.25, 0.3) is 0 Å². The van der Waals surface area contributed by atoms with Gasteiger partial charge in [0.15, 0.2) is 0 Å². The molecule has 0 aromatic carbocycles. The van der Waals surface area contributed by atoms with Crippen LogP contribution in [0.25, 0.3) is 0 Å². The molecule has 0 aliphatic rings. The van der Waals surface area contributed by atoms with Crippen LogP contribution in [0, 0.1) is 0 Å². The van der Waals surface area contributed by atoms with Gasteiger partial charge in [-0.2, -0.15) is 0 Å². The fourth-order valence-corrected chi connectivity index (χ4v) is 8.47. The molecular formula is C51H103NO4. The average Bonchev–Trinajstić information content (AvgIpc) is 3.19. The number of aliphatic hydroxyl groups is 3. The monoisotopic (exact) mass is 794 g/mol. The van der Waals surface area contributed by atoms with Crippen molar-refractivity contribution < 1.29 is 20.1 Å². The van der Waals surface area contributed by atoms with Crippen LogP contribution < -0.4 is 5.32 Å². The molecule has 3 unspecified atom stereocenters. The van der Waals surface area contributed by atoms with Gasteiger partial charge >= 0.3 is 0 Å². The number of hydrogen-bond donors (Lipinski definition) is 4. The quantitative estimate of drug-likeness (QED) is 0.0462. The van der Waals surface area contributed by atoms with E-state index in [9.17, 15) is 20.1 Å². The number of carbonyl (C=O) groups is 1. The van der Waals surface area contributed by atoms with E-state index in [0.717, 1.165) is 25.7 Å². The first-order valence-electron chi connectivity index (χ1n) is 25.8. The topological polar surface area (TPSA) is 89.8 Å². The molecule has 4 N–H and O–H groups in total. The van der Waals surface area contributed by atoms with E-state index in [0.29, 0.717) is 12.8 Å². The van der Waals surface area contributed by atoms with Crippen molar-refractivity contribution in [2.24, 2.45) is 0 Å². The van der Waals surface area contributed by atoms with Crippen LogP contribution in [-0.4, -0.2) is 46.1 Å². The molecule has 0 aliphatic carbocycles. The van der Waals surface area contributed by atoms with Crippen LogP contribution in [0.1, 0.15) is 296 Å². The largest absolute Gasteiger partial charge is 0.394 e. The van der Waals surface area contributed by atoms with Gasteiger partial charge in [-0.25, -0.2) is 0 Å². The van der Waals surface area contributed by atoms with Gasteiger partial charge in [0.05, 0.1) is 31.3 Å². The van der Waals surface area contributed by atoms with Crippen LogP contribution >= 0.6 is 0 Å². The lowest BCUT2D eigenvalue weighted by Crippen LogP contribution is -2.46. The van der Waals surface area contributed by atoms with Crippen molar-refractivity contribution in [1.82, 2.24) is 5.32 Å². The number of amides is 1. The van der Waals surface area contributed by atoms with Gasteiger partial charge in [-0.1, -0.05) is 277 Å². The summed E-state index contributed by atoms with van der Waals surface area (Å²) >= 11 is 0. The number of aliphatic hydroxyl groups excluding tert-OH is 3. The minimum Gasteiger partial charge on any atom is -0.394 e. The minimum atomic E-state index is -0.742. The van der Waals surface area contributed by atoms with Crippen molar-refractivity contribution in [2.45, 2.75) is 315 Å². The van der Waals surface area contributed by atoms with E-state index in [4.69, 9.17) is 0 Å². The maximum Gasteiger partial charge on any atom is 0.222 e. The molecule has 0 aromatic rings. The molecule has 0 aromatic heterocycles. The molecule has 0 spiro atoms. The van der Waals surface area contributed by atoms with E-state index in [-0.39, 0.29) is 18.9 Å². The van der Waals surface area contributed by atoms with Crippen LogP contribution in [0.5, 0.6) is 0 Å². The van der Waals surface area contributed by atoms with Crippen molar-refractivity contribution in [1.29, 1.82) is 0 Å². The van der Waals surface area contributed by atoms with Gasteiger partial charge in [-0.3, -0.25) is 4.79 Å². The maximum atomic E-state index is 12.4. The highest BCUT2D eigenvalue weighted by Gasteiger charge is 2.21. The van der Waals surface area contributed by atoms with Crippen LogP contribution in [-0.2, 0) is 4.79 Å². The number of carbonyl (C=O) groups excluding carboxylic acids is 1. The Morgan fingerprint density at radius 3 is 0.857 bits per heavy atom. The molecule has 0 saturated heterocycles. The smallest absolute Gasteiger partial charge is 0.222 e. The Labute approximate surface area is 351 Å². The van der Waals surface area contributed by atoms with E-state index >= 15 is 0 Å². The Morgan fingerprint density at radius 1 is 0.375 bits per heavy atom. The number of rotatable bonds is 48. The first-order chi connectivity index (χ1) is 27.5. The predicted octanol–water partition coefficient (Wildman–Crippen LogP) is 15.4. The Bertz CT molecular complexity index is 747. The molecule has 1 amide bonds. The van der Waals surface area contributed by atoms with Gasteiger partial charge in [0.2, 0.25) is 5.91 Å². The molecule has 5 nitrogen and oxygen atoms in total. The van der Waals surface area contributed by atoms with Crippen molar-refractivity contribution in [3.63, 3.8) is 0 Å². The summed E-state index contributed by atoms with van der Waals surface area (Å²) < 4.78 is 0. The standard InChI is InChI=1S/C51H103NO4/c1-3-5-7-9-11-13-15-16-17-18-19-20-21-22-23-24-25-26-27-28-29-30-31-32-33-34-35-36-38-40-42-44-48(54)46-51(56)52-49(47-53)50(55)45-43-41-39-37-14-12-10-8-6-4-2/h48-50,53-55H,3-47H2,1-2H3,(H,52,56). The van der Waals surface area contributed by atoms with Gasteiger partial charge in [0, 0.05) is 0 Å². The molecule has 336 valence electrons. The van der Waals surface area contributed by atoms with Gasteiger partial charge in [0.1, 0.15) is 0 Å². The first kappa shape index (κ1) is 55.4. The lowest BCUT2D eigenvalue weighted by molar-refractivity contribution is -0.125. The van der Waals surface area contributed by atoms with Gasteiger partial charge in [-0.05, 0) is 12.8 Å². The van der Waals surface area contributed by atoms with Crippen LogP contribution in [0.2, 0.25) is 0 Å². The van der Waals surface area contributed by atoms with E-state index in [1.807, 2.05) is 0 Å². The van der Waals surface area contributed by atoms with Gasteiger partial charge in [-0.15, -0.1) is 0 Å². The molecular weight excluding hydrogens is 691 g/mol. The number of nitrogens with one attached hydrogen (secondary N) is 1. The normalized spacial score (nSPS) is 13.3.